The summed E-state index contributed by atoms with van der Waals surface area (Å²) in [6.45, 7) is 2.61. The Morgan fingerprint density at radius 2 is 1.81 bits per heavy atom. The number of hydrogen-bond acceptors (Lipinski definition) is 7. The van der Waals surface area contributed by atoms with Gasteiger partial charge in [-0.3, -0.25) is 9.36 Å². The van der Waals surface area contributed by atoms with Crippen molar-refractivity contribution < 1.29 is 17.9 Å². The number of carbonyl (C=O) groups excluding carboxylic acids is 1. The van der Waals surface area contributed by atoms with Crippen LogP contribution in [0.15, 0.2) is 48.8 Å². The number of sulfonamides is 1. The summed E-state index contributed by atoms with van der Waals surface area (Å²) in [7, 11) is -3.21. The topological polar surface area (TPSA) is 119 Å². The number of nitrogens with one attached hydrogen (secondary N) is 1. The number of rotatable bonds is 6. The van der Waals surface area contributed by atoms with Gasteiger partial charge in [-0.25, -0.2) is 17.7 Å². The van der Waals surface area contributed by atoms with Crippen LogP contribution in [0, 0.1) is 12.8 Å². The minimum atomic E-state index is -3.21. The average molecular weight is 457 g/mol. The van der Waals surface area contributed by atoms with E-state index in [4.69, 9.17) is 4.74 Å². The maximum atomic E-state index is 12.5. The number of carbonyl (C=O) groups is 1. The SMILES string of the molecule is Cc1nccn1-c1ccc(Oc2ccc(NC(=O)C3CCN(S(C)(=O)=O)CC3)cc2)nn1. The van der Waals surface area contributed by atoms with E-state index in [1.165, 1.54) is 10.6 Å². The molecule has 0 spiro atoms. The van der Waals surface area contributed by atoms with E-state index >= 15 is 0 Å². The molecule has 0 bridgehead atoms. The Morgan fingerprint density at radius 1 is 1.09 bits per heavy atom. The van der Waals surface area contributed by atoms with E-state index in [2.05, 4.69) is 20.5 Å². The van der Waals surface area contributed by atoms with Gasteiger partial charge in [-0.05, 0) is 50.1 Å². The number of aromatic nitrogens is 4. The molecule has 3 heterocycles. The van der Waals surface area contributed by atoms with Gasteiger partial charge in [-0.1, -0.05) is 0 Å². The number of hydrogen-bond donors (Lipinski definition) is 1. The molecule has 1 aliphatic heterocycles. The third-order valence-corrected chi connectivity index (χ3v) is 6.64. The van der Waals surface area contributed by atoms with Gasteiger partial charge in [0, 0.05) is 43.2 Å². The zero-order valence-corrected chi connectivity index (χ0v) is 18.6. The van der Waals surface area contributed by atoms with Crippen LogP contribution in [-0.2, 0) is 14.8 Å². The lowest BCUT2D eigenvalue weighted by Crippen LogP contribution is -2.40. The molecule has 168 valence electrons. The lowest BCUT2D eigenvalue weighted by molar-refractivity contribution is -0.120. The summed E-state index contributed by atoms with van der Waals surface area (Å²) in [5.41, 5.74) is 0.643. The van der Waals surface area contributed by atoms with Crippen molar-refractivity contribution in [3.05, 3.63) is 54.6 Å². The number of nitrogens with zero attached hydrogens (tertiary/aromatic N) is 5. The van der Waals surface area contributed by atoms with Gasteiger partial charge in [0.1, 0.15) is 11.6 Å². The van der Waals surface area contributed by atoms with Crippen molar-refractivity contribution in [3.8, 4) is 17.4 Å². The minimum Gasteiger partial charge on any atom is -0.438 e. The van der Waals surface area contributed by atoms with Crippen LogP contribution in [0.1, 0.15) is 18.7 Å². The molecule has 0 aliphatic carbocycles. The van der Waals surface area contributed by atoms with Crippen LogP contribution in [0.4, 0.5) is 5.69 Å². The van der Waals surface area contributed by atoms with Crippen molar-refractivity contribution >= 4 is 21.6 Å². The standard InChI is InChI=1S/C21H24N6O4S/c1-15-22-11-14-27(15)19-7-8-20(25-24-19)31-18-5-3-17(4-6-18)23-21(28)16-9-12-26(13-10-16)32(2,29)30/h3-8,11,14,16H,9-10,12-13H2,1-2H3,(H,23,28). The summed E-state index contributed by atoms with van der Waals surface area (Å²) in [5, 5.41) is 11.1. The van der Waals surface area contributed by atoms with E-state index in [0.717, 1.165) is 5.82 Å². The number of aryl methyl sites for hydroxylation is 1. The number of benzene rings is 1. The van der Waals surface area contributed by atoms with Crippen molar-refractivity contribution in [2.45, 2.75) is 19.8 Å². The molecule has 0 unspecified atom stereocenters. The van der Waals surface area contributed by atoms with Crippen molar-refractivity contribution in [2.75, 3.05) is 24.7 Å². The molecule has 4 rings (SSSR count). The molecule has 10 nitrogen and oxygen atoms in total. The zero-order chi connectivity index (χ0) is 22.7. The third kappa shape index (κ3) is 5.11. The van der Waals surface area contributed by atoms with Crippen LogP contribution >= 0.6 is 0 Å². The highest BCUT2D eigenvalue weighted by atomic mass is 32.2. The number of imidazole rings is 1. The van der Waals surface area contributed by atoms with Gasteiger partial charge in [0.05, 0.1) is 6.26 Å². The maximum Gasteiger partial charge on any atom is 0.238 e. The first-order valence-electron chi connectivity index (χ1n) is 10.2. The first-order valence-corrected chi connectivity index (χ1v) is 12.0. The molecule has 2 aromatic heterocycles. The first kappa shape index (κ1) is 21.9. The average Bonchev–Trinajstić information content (AvgIpc) is 3.21. The Balaban J connectivity index is 1.31. The number of amides is 1. The highest BCUT2D eigenvalue weighted by Crippen LogP contribution is 2.24. The third-order valence-electron chi connectivity index (χ3n) is 5.34. The van der Waals surface area contributed by atoms with Gasteiger partial charge >= 0.3 is 0 Å². The van der Waals surface area contributed by atoms with Gasteiger partial charge in [0.15, 0.2) is 5.82 Å². The van der Waals surface area contributed by atoms with Crippen LogP contribution in [0.5, 0.6) is 11.6 Å². The molecule has 1 saturated heterocycles. The Morgan fingerprint density at radius 3 is 2.38 bits per heavy atom. The van der Waals surface area contributed by atoms with E-state index in [1.807, 2.05) is 17.7 Å². The molecule has 0 saturated carbocycles. The molecule has 32 heavy (non-hydrogen) atoms. The molecule has 11 heteroatoms. The molecule has 1 aliphatic rings. The maximum absolute atomic E-state index is 12.5. The zero-order valence-electron chi connectivity index (χ0n) is 17.8. The summed E-state index contributed by atoms with van der Waals surface area (Å²) >= 11 is 0. The van der Waals surface area contributed by atoms with Gasteiger partial charge in [-0.2, -0.15) is 0 Å². The summed E-state index contributed by atoms with van der Waals surface area (Å²) in [4.78, 5) is 16.7. The second-order valence-corrected chi connectivity index (χ2v) is 9.61. The van der Waals surface area contributed by atoms with Crippen LogP contribution in [0.3, 0.4) is 0 Å². The number of piperidine rings is 1. The molecule has 0 radical (unpaired) electrons. The Labute approximate surface area is 186 Å². The van der Waals surface area contributed by atoms with Gasteiger partial charge in [-0.15, -0.1) is 10.2 Å². The van der Waals surface area contributed by atoms with Gasteiger partial charge < -0.3 is 10.1 Å². The summed E-state index contributed by atoms with van der Waals surface area (Å²) < 4.78 is 32.2. The van der Waals surface area contributed by atoms with Crippen molar-refractivity contribution in [3.63, 3.8) is 0 Å². The quantitative estimate of drug-likeness (QED) is 0.605. The Hall–Kier alpha value is -3.31. The molecule has 1 N–H and O–H groups in total. The van der Waals surface area contributed by atoms with Gasteiger partial charge in [0.25, 0.3) is 0 Å². The van der Waals surface area contributed by atoms with E-state index in [-0.39, 0.29) is 11.8 Å². The molecule has 1 amide bonds. The molecular formula is C21H24N6O4S. The second kappa shape index (κ2) is 9.05. The van der Waals surface area contributed by atoms with Crippen LogP contribution in [0.25, 0.3) is 5.82 Å². The normalized spacial score (nSPS) is 15.4. The molecule has 0 atom stereocenters. The van der Waals surface area contributed by atoms with Crippen LogP contribution in [0.2, 0.25) is 0 Å². The monoisotopic (exact) mass is 456 g/mol. The predicted molar refractivity (Wildman–Crippen MR) is 118 cm³/mol. The van der Waals surface area contributed by atoms with Crippen molar-refractivity contribution in [2.24, 2.45) is 5.92 Å². The molecular weight excluding hydrogens is 432 g/mol. The largest absolute Gasteiger partial charge is 0.438 e. The van der Waals surface area contributed by atoms with Crippen LogP contribution in [-0.4, -0.2) is 57.7 Å². The number of anilines is 1. The van der Waals surface area contributed by atoms with E-state index in [0.29, 0.717) is 49.1 Å². The lowest BCUT2D eigenvalue weighted by atomic mass is 9.97. The summed E-state index contributed by atoms with van der Waals surface area (Å²) in [5.74, 6) is 2.05. The number of ether oxygens (including phenoxy) is 1. The molecule has 3 aromatic rings. The van der Waals surface area contributed by atoms with E-state index < -0.39 is 10.0 Å². The van der Waals surface area contributed by atoms with E-state index in [1.54, 1.807) is 42.6 Å². The highest BCUT2D eigenvalue weighted by Gasteiger charge is 2.28. The fraction of sp³-hybridized carbons (Fsp3) is 0.333. The Bertz CT molecular complexity index is 1180. The fourth-order valence-electron chi connectivity index (χ4n) is 3.54. The van der Waals surface area contributed by atoms with Crippen molar-refractivity contribution in [1.29, 1.82) is 0 Å². The lowest BCUT2D eigenvalue weighted by Gasteiger charge is -2.29. The molecule has 1 fully saturated rings. The Kier molecular flexibility index (Phi) is 6.19. The van der Waals surface area contributed by atoms with E-state index in [9.17, 15) is 13.2 Å². The summed E-state index contributed by atoms with van der Waals surface area (Å²) in [6, 6.07) is 10.5. The summed E-state index contributed by atoms with van der Waals surface area (Å²) in [6.07, 6.45) is 5.71. The first-order chi connectivity index (χ1) is 15.3. The smallest absolute Gasteiger partial charge is 0.238 e. The predicted octanol–water partition coefficient (Wildman–Crippen LogP) is 2.37. The molecule has 1 aromatic carbocycles. The van der Waals surface area contributed by atoms with Crippen molar-refractivity contribution in [1.82, 2.24) is 24.1 Å². The van der Waals surface area contributed by atoms with Gasteiger partial charge in [0.2, 0.25) is 21.8 Å². The van der Waals surface area contributed by atoms with Crippen LogP contribution < -0.4 is 10.1 Å². The fourth-order valence-corrected chi connectivity index (χ4v) is 4.41. The minimum absolute atomic E-state index is 0.108. The highest BCUT2D eigenvalue weighted by molar-refractivity contribution is 7.88. The second-order valence-electron chi connectivity index (χ2n) is 7.63.